The Hall–Kier alpha value is -1.89. The van der Waals surface area contributed by atoms with Crippen LogP contribution in [0.25, 0.3) is 11.3 Å². The van der Waals surface area contributed by atoms with E-state index in [9.17, 15) is 0 Å². The zero-order valence-electron chi connectivity index (χ0n) is 9.48. The van der Waals surface area contributed by atoms with Crippen molar-refractivity contribution in [2.24, 2.45) is 0 Å². The minimum atomic E-state index is 0.892. The third-order valence-electron chi connectivity index (χ3n) is 2.46. The predicted octanol–water partition coefficient (Wildman–Crippen LogP) is 3.79. The van der Waals surface area contributed by atoms with Crippen LogP contribution in [0.1, 0.15) is 11.3 Å². The van der Waals surface area contributed by atoms with Crippen LogP contribution >= 0.6 is 0 Å². The summed E-state index contributed by atoms with van der Waals surface area (Å²) in [6, 6.07) is 14.5. The Bertz CT molecular complexity index is 486. The summed E-state index contributed by atoms with van der Waals surface area (Å²) in [6.07, 6.45) is 2.81. The summed E-state index contributed by atoms with van der Waals surface area (Å²) >= 11 is 0. The summed E-state index contributed by atoms with van der Waals surface area (Å²) in [5.74, 6) is 0. The van der Waals surface area contributed by atoms with Gasteiger partial charge in [0.15, 0.2) is 0 Å². The molecule has 1 heteroatoms. The molecule has 0 fully saturated rings. The maximum atomic E-state index is 4.55. The summed E-state index contributed by atoms with van der Waals surface area (Å²) in [5.41, 5.74) is 4.52. The quantitative estimate of drug-likeness (QED) is 0.701. The van der Waals surface area contributed by atoms with Crippen molar-refractivity contribution >= 4 is 0 Å². The van der Waals surface area contributed by atoms with Gasteiger partial charge in [-0.2, -0.15) is 0 Å². The van der Waals surface area contributed by atoms with E-state index in [1.807, 2.05) is 31.2 Å². The van der Waals surface area contributed by atoms with Crippen LogP contribution in [-0.2, 0) is 6.42 Å². The van der Waals surface area contributed by atoms with Crippen molar-refractivity contribution in [1.82, 2.24) is 4.98 Å². The lowest BCUT2D eigenvalue weighted by molar-refractivity contribution is 1.15. The molecule has 1 aromatic carbocycles. The Morgan fingerprint density at radius 1 is 1.19 bits per heavy atom. The Morgan fingerprint density at radius 2 is 1.94 bits per heavy atom. The number of aromatic nitrogens is 1. The largest absolute Gasteiger partial charge is 0.253 e. The van der Waals surface area contributed by atoms with Gasteiger partial charge in [-0.05, 0) is 31.0 Å². The second-order valence-corrected chi connectivity index (χ2v) is 3.86. The highest BCUT2D eigenvalue weighted by Gasteiger charge is 2.01. The van der Waals surface area contributed by atoms with E-state index in [1.54, 1.807) is 0 Å². The molecular formula is C15H15N. The topological polar surface area (TPSA) is 12.9 Å². The molecule has 1 heterocycles. The Labute approximate surface area is 96.5 Å². The van der Waals surface area contributed by atoms with Gasteiger partial charge in [0, 0.05) is 11.3 Å². The maximum absolute atomic E-state index is 4.55. The maximum Gasteiger partial charge on any atom is 0.0708 e. The zero-order valence-corrected chi connectivity index (χ0v) is 9.48. The summed E-state index contributed by atoms with van der Waals surface area (Å²) < 4.78 is 0. The van der Waals surface area contributed by atoms with E-state index >= 15 is 0 Å². The van der Waals surface area contributed by atoms with Crippen LogP contribution in [0.3, 0.4) is 0 Å². The van der Waals surface area contributed by atoms with E-state index in [4.69, 9.17) is 0 Å². The Morgan fingerprint density at radius 3 is 2.62 bits per heavy atom. The summed E-state index contributed by atoms with van der Waals surface area (Å²) in [4.78, 5) is 4.55. The molecule has 0 radical (unpaired) electrons. The average Bonchev–Trinajstić information content (AvgIpc) is 2.30. The SMILES string of the molecule is C=CCc1cc(C)nc(-c2ccccc2)c1. The standard InChI is InChI=1S/C15H15N/c1-3-7-13-10-12(2)16-15(11-13)14-8-5-4-6-9-14/h3-6,8-11H,1,7H2,2H3. The van der Waals surface area contributed by atoms with Crippen molar-refractivity contribution in [2.45, 2.75) is 13.3 Å². The lowest BCUT2D eigenvalue weighted by Crippen LogP contribution is -1.91. The average molecular weight is 209 g/mol. The number of rotatable bonds is 3. The molecule has 2 aromatic rings. The minimum absolute atomic E-state index is 0.892. The zero-order chi connectivity index (χ0) is 11.4. The molecule has 0 aliphatic carbocycles. The van der Waals surface area contributed by atoms with Crippen molar-refractivity contribution in [2.75, 3.05) is 0 Å². The van der Waals surface area contributed by atoms with Crippen LogP contribution in [0.15, 0.2) is 55.1 Å². The van der Waals surface area contributed by atoms with E-state index in [-0.39, 0.29) is 0 Å². The molecule has 0 N–H and O–H groups in total. The van der Waals surface area contributed by atoms with Gasteiger partial charge in [-0.1, -0.05) is 36.4 Å². The molecule has 0 unspecified atom stereocenters. The molecule has 0 atom stereocenters. The van der Waals surface area contributed by atoms with Crippen molar-refractivity contribution in [3.8, 4) is 11.3 Å². The van der Waals surface area contributed by atoms with E-state index < -0.39 is 0 Å². The molecule has 0 saturated heterocycles. The monoisotopic (exact) mass is 209 g/mol. The fraction of sp³-hybridized carbons (Fsp3) is 0.133. The molecule has 0 bridgehead atoms. The molecule has 0 saturated carbocycles. The highest BCUT2D eigenvalue weighted by molar-refractivity contribution is 5.60. The second kappa shape index (κ2) is 4.75. The highest BCUT2D eigenvalue weighted by Crippen LogP contribution is 2.19. The summed E-state index contributed by atoms with van der Waals surface area (Å²) in [7, 11) is 0. The van der Waals surface area contributed by atoms with E-state index in [2.05, 4.69) is 35.8 Å². The molecule has 0 spiro atoms. The summed E-state index contributed by atoms with van der Waals surface area (Å²) in [5, 5.41) is 0. The van der Waals surface area contributed by atoms with Crippen molar-refractivity contribution in [1.29, 1.82) is 0 Å². The van der Waals surface area contributed by atoms with Crippen LogP contribution in [0.5, 0.6) is 0 Å². The summed E-state index contributed by atoms with van der Waals surface area (Å²) in [6.45, 7) is 5.79. The first-order valence-electron chi connectivity index (χ1n) is 5.43. The molecule has 80 valence electrons. The van der Waals surface area contributed by atoms with Crippen LogP contribution in [-0.4, -0.2) is 4.98 Å². The van der Waals surface area contributed by atoms with Gasteiger partial charge in [-0.15, -0.1) is 6.58 Å². The molecular weight excluding hydrogens is 194 g/mol. The minimum Gasteiger partial charge on any atom is -0.253 e. The van der Waals surface area contributed by atoms with Gasteiger partial charge >= 0.3 is 0 Å². The molecule has 16 heavy (non-hydrogen) atoms. The van der Waals surface area contributed by atoms with Gasteiger partial charge in [0.1, 0.15) is 0 Å². The smallest absolute Gasteiger partial charge is 0.0708 e. The first-order valence-corrected chi connectivity index (χ1v) is 5.43. The number of hydrogen-bond donors (Lipinski definition) is 0. The second-order valence-electron chi connectivity index (χ2n) is 3.86. The van der Waals surface area contributed by atoms with Crippen molar-refractivity contribution < 1.29 is 0 Å². The molecule has 2 rings (SSSR count). The van der Waals surface area contributed by atoms with Gasteiger partial charge in [-0.3, -0.25) is 4.98 Å². The van der Waals surface area contributed by atoms with Crippen molar-refractivity contribution in [3.63, 3.8) is 0 Å². The van der Waals surface area contributed by atoms with E-state index in [1.165, 1.54) is 5.56 Å². The Balaban J connectivity index is 2.45. The normalized spacial score (nSPS) is 10.1. The van der Waals surface area contributed by atoms with Crippen LogP contribution in [0.2, 0.25) is 0 Å². The third kappa shape index (κ3) is 2.37. The van der Waals surface area contributed by atoms with Gasteiger partial charge in [0.05, 0.1) is 5.69 Å². The molecule has 0 amide bonds. The number of hydrogen-bond acceptors (Lipinski definition) is 1. The number of nitrogens with zero attached hydrogens (tertiary/aromatic N) is 1. The predicted molar refractivity (Wildman–Crippen MR) is 68.3 cm³/mol. The number of pyridine rings is 1. The first kappa shape index (κ1) is 10.6. The highest BCUT2D eigenvalue weighted by atomic mass is 14.7. The van der Waals surface area contributed by atoms with Crippen molar-refractivity contribution in [3.05, 3.63) is 66.4 Å². The lowest BCUT2D eigenvalue weighted by atomic mass is 10.1. The van der Waals surface area contributed by atoms with Crippen LogP contribution < -0.4 is 0 Å². The molecule has 0 aliphatic rings. The fourth-order valence-corrected chi connectivity index (χ4v) is 1.78. The number of allylic oxidation sites excluding steroid dienone is 1. The number of aryl methyl sites for hydroxylation is 1. The molecule has 1 aromatic heterocycles. The van der Waals surface area contributed by atoms with E-state index in [0.29, 0.717) is 0 Å². The van der Waals surface area contributed by atoms with E-state index in [0.717, 1.165) is 23.4 Å². The first-order chi connectivity index (χ1) is 7.79. The number of benzene rings is 1. The van der Waals surface area contributed by atoms with Gasteiger partial charge in [0.25, 0.3) is 0 Å². The van der Waals surface area contributed by atoms with Gasteiger partial charge in [0.2, 0.25) is 0 Å². The lowest BCUT2D eigenvalue weighted by Gasteiger charge is -2.05. The van der Waals surface area contributed by atoms with Crippen LogP contribution in [0, 0.1) is 6.92 Å². The molecule has 1 nitrogen and oxygen atoms in total. The fourth-order valence-electron chi connectivity index (χ4n) is 1.78. The van der Waals surface area contributed by atoms with Crippen LogP contribution in [0.4, 0.5) is 0 Å². The molecule has 0 aliphatic heterocycles. The van der Waals surface area contributed by atoms with Gasteiger partial charge < -0.3 is 0 Å². The third-order valence-corrected chi connectivity index (χ3v) is 2.46. The Kier molecular flexibility index (Phi) is 3.16. The van der Waals surface area contributed by atoms with Gasteiger partial charge in [-0.25, -0.2) is 0 Å².